The molecule has 0 spiro atoms. The number of carbonyl (C=O) groups is 1. The van der Waals surface area contributed by atoms with Gasteiger partial charge in [0.15, 0.2) is 5.69 Å². The summed E-state index contributed by atoms with van der Waals surface area (Å²) in [5.41, 5.74) is 0.267. The highest BCUT2D eigenvalue weighted by Crippen LogP contribution is 2.40. The Kier molecular flexibility index (Phi) is 4.85. The molecule has 160 valence electrons. The molecule has 2 aromatic heterocycles. The average molecular weight is 434 g/mol. The second-order valence-electron chi connectivity index (χ2n) is 8.44. The number of carbonyl (C=O) groups excluding carboxylic acids is 1. The molecule has 2 saturated heterocycles. The number of piperidine rings is 2. The predicted octanol–water partition coefficient (Wildman–Crippen LogP) is 2.59. The monoisotopic (exact) mass is 434 g/mol. The van der Waals surface area contributed by atoms with Crippen LogP contribution in [-0.4, -0.2) is 46.9 Å². The van der Waals surface area contributed by atoms with Crippen LogP contribution < -0.4 is 5.32 Å². The molecule has 3 aliphatic rings. The Morgan fingerprint density at radius 2 is 1.87 bits per heavy atom. The Hall–Kier alpha value is -2.33. The molecule has 0 aromatic carbocycles. The number of nitrogens with one attached hydrogen (secondary N) is 1. The van der Waals surface area contributed by atoms with Crippen molar-refractivity contribution in [3.05, 3.63) is 41.8 Å². The van der Waals surface area contributed by atoms with Crippen molar-refractivity contribution in [3.63, 3.8) is 0 Å². The molecular weight excluding hydrogens is 411 g/mol. The van der Waals surface area contributed by atoms with Gasteiger partial charge in [0.05, 0.1) is 6.20 Å². The van der Waals surface area contributed by atoms with Crippen LogP contribution in [0.5, 0.6) is 0 Å². The third-order valence-electron chi connectivity index (χ3n) is 6.24. The Labute approximate surface area is 173 Å². The molecule has 1 amide bonds. The highest BCUT2D eigenvalue weighted by Gasteiger charge is 2.45. The van der Waals surface area contributed by atoms with Gasteiger partial charge in [0.25, 0.3) is 5.91 Å². The van der Waals surface area contributed by atoms with E-state index in [0.29, 0.717) is 31.6 Å². The summed E-state index contributed by atoms with van der Waals surface area (Å²) >= 11 is 0. The number of hydrogen-bond donors (Lipinski definition) is 1. The van der Waals surface area contributed by atoms with Gasteiger partial charge in [0, 0.05) is 36.3 Å². The molecule has 0 radical (unpaired) electrons. The van der Waals surface area contributed by atoms with Crippen molar-refractivity contribution in [2.75, 3.05) is 0 Å². The van der Waals surface area contributed by atoms with Gasteiger partial charge in [-0.2, -0.15) is 4.31 Å². The maximum absolute atomic E-state index is 13.6. The lowest BCUT2D eigenvalue weighted by Crippen LogP contribution is -2.58. The lowest BCUT2D eigenvalue weighted by molar-refractivity contribution is 0.0789. The summed E-state index contributed by atoms with van der Waals surface area (Å²) in [5.74, 6) is 0.159. The SMILES string of the molecule is O=C(N[C@@H]1CC2CCC[C@@H](C1)N2S(=O)(=O)c1cncc(F)c1)c1cc(C2CC2)on1. The van der Waals surface area contributed by atoms with E-state index >= 15 is 0 Å². The zero-order valence-corrected chi connectivity index (χ0v) is 17.1. The van der Waals surface area contributed by atoms with Gasteiger partial charge in [0.2, 0.25) is 10.0 Å². The fraction of sp³-hybridized carbons (Fsp3) is 0.550. The lowest BCUT2D eigenvalue weighted by Gasteiger charge is -2.47. The van der Waals surface area contributed by atoms with Gasteiger partial charge in [0.1, 0.15) is 16.5 Å². The molecule has 1 unspecified atom stereocenters. The first kappa shape index (κ1) is 19.6. The van der Waals surface area contributed by atoms with Crippen molar-refractivity contribution in [2.24, 2.45) is 0 Å². The number of nitrogens with zero attached hydrogens (tertiary/aromatic N) is 3. The number of pyridine rings is 1. The fourth-order valence-electron chi connectivity index (χ4n) is 4.72. The molecule has 5 rings (SSSR count). The minimum Gasteiger partial charge on any atom is -0.360 e. The van der Waals surface area contributed by atoms with E-state index in [-0.39, 0.29) is 34.6 Å². The summed E-state index contributed by atoms with van der Waals surface area (Å²) in [5, 5.41) is 6.88. The van der Waals surface area contributed by atoms with Crippen LogP contribution in [0.3, 0.4) is 0 Å². The molecule has 2 bridgehead atoms. The van der Waals surface area contributed by atoms with E-state index in [1.807, 2.05) is 0 Å². The van der Waals surface area contributed by atoms with Gasteiger partial charge >= 0.3 is 0 Å². The zero-order valence-electron chi connectivity index (χ0n) is 16.3. The quantitative estimate of drug-likeness (QED) is 0.776. The van der Waals surface area contributed by atoms with Gasteiger partial charge in [-0.05, 0) is 44.6 Å². The van der Waals surface area contributed by atoms with Crippen molar-refractivity contribution in [2.45, 2.75) is 73.9 Å². The van der Waals surface area contributed by atoms with Crippen LogP contribution in [0, 0.1) is 5.82 Å². The molecule has 10 heteroatoms. The smallest absolute Gasteiger partial charge is 0.273 e. The van der Waals surface area contributed by atoms with Gasteiger partial charge < -0.3 is 9.84 Å². The average Bonchev–Trinajstić information content (AvgIpc) is 3.43. The molecule has 1 N–H and O–H groups in total. The number of sulfonamides is 1. The molecule has 1 aliphatic carbocycles. The van der Waals surface area contributed by atoms with E-state index in [1.165, 1.54) is 10.5 Å². The normalized spacial score (nSPS) is 27.0. The van der Waals surface area contributed by atoms with E-state index in [9.17, 15) is 17.6 Å². The molecule has 2 aliphatic heterocycles. The second-order valence-corrected chi connectivity index (χ2v) is 10.3. The predicted molar refractivity (Wildman–Crippen MR) is 104 cm³/mol. The Bertz CT molecular complexity index is 1050. The van der Waals surface area contributed by atoms with Crippen LogP contribution in [0.1, 0.15) is 67.1 Å². The Balaban J connectivity index is 1.31. The topological polar surface area (TPSA) is 105 Å². The molecule has 2 aromatic rings. The van der Waals surface area contributed by atoms with Crippen molar-refractivity contribution < 1.29 is 22.1 Å². The Morgan fingerprint density at radius 1 is 1.13 bits per heavy atom. The lowest BCUT2D eigenvalue weighted by atomic mass is 9.84. The Morgan fingerprint density at radius 3 is 2.53 bits per heavy atom. The second kappa shape index (κ2) is 7.42. The first-order valence-electron chi connectivity index (χ1n) is 10.3. The first-order chi connectivity index (χ1) is 14.4. The maximum Gasteiger partial charge on any atom is 0.273 e. The van der Waals surface area contributed by atoms with Crippen LogP contribution in [0.25, 0.3) is 0 Å². The number of halogens is 1. The first-order valence-corrected chi connectivity index (χ1v) is 11.8. The van der Waals surface area contributed by atoms with Crippen LogP contribution in [0.4, 0.5) is 4.39 Å². The number of aromatic nitrogens is 2. The molecule has 4 heterocycles. The number of amides is 1. The third-order valence-corrected chi connectivity index (χ3v) is 8.21. The van der Waals surface area contributed by atoms with Crippen LogP contribution in [-0.2, 0) is 10.0 Å². The van der Waals surface area contributed by atoms with Crippen molar-refractivity contribution in [1.29, 1.82) is 0 Å². The van der Waals surface area contributed by atoms with Crippen molar-refractivity contribution in [1.82, 2.24) is 19.8 Å². The minimum atomic E-state index is -3.86. The van der Waals surface area contributed by atoms with Gasteiger partial charge in [-0.1, -0.05) is 11.6 Å². The molecule has 30 heavy (non-hydrogen) atoms. The summed E-state index contributed by atoms with van der Waals surface area (Å²) < 4.78 is 46.7. The highest BCUT2D eigenvalue weighted by molar-refractivity contribution is 7.89. The van der Waals surface area contributed by atoms with Gasteiger partial charge in [-0.15, -0.1) is 0 Å². The molecule has 3 fully saturated rings. The van der Waals surface area contributed by atoms with Crippen molar-refractivity contribution >= 4 is 15.9 Å². The summed E-state index contributed by atoms with van der Waals surface area (Å²) in [6, 6.07) is 2.08. The van der Waals surface area contributed by atoms with Gasteiger partial charge in [-0.3, -0.25) is 9.78 Å². The highest BCUT2D eigenvalue weighted by atomic mass is 32.2. The van der Waals surface area contributed by atoms with Crippen LogP contribution >= 0.6 is 0 Å². The van der Waals surface area contributed by atoms with Gasteiger partial charge in [-0.25, -0.2) is 12.8 Å². The van der Waals surface area contributed by atoms with Crippen LogP contribution in [0.15, 0.2) is 33.9 Å². The molecule has 8 nitrogen and oxygen atoms in total. The third kappa shape index (κ3) is 3.62. The maximum atomic E-state index is 13.6. The van der Waals surface area contributed by atoms with E-state index in [1.54, 1.807) is 6.07 Å². The zero-order chi connectivity index (χ0) is 20.9. The largest absolute Gasteiger partial charge is 0.360 e. The number of fused-ring (bicyclic) bond motifs is 2. The summed E-state index contributed by atoms with van der Waals surface area (Å²) in [6.07, 6.45) is 7.67. The summed E-state index contributed by atoms with van der Waals surface area (Å²) in [4.78, 5) is 16.2. The summed E-state index contributed by atoms with van der Waals surface area (Å²) in [6.45, 7) is 0. The number of rotatable bonds is 5. The molecule has 1 saturated carbocycles. The number of hydrogen-bond acceptors (Lipinski definition) is 6. The molecular formula is C20H23FN4O4S. The molecule has 3 atom stereocenters. The fourth-order valence-corrected chi connectivity index (χ4v) is 6.59. The summed E-state index contributed by atoms with van der Waals surface area (Å²) in [7, 11) is -3.86. The standard InChI is InChI=1S/C20H23FN4O4S/c21-13-6-17(11-22-10-13)30(27,28)25-15-2-1-3-16(25)8-14(7-15)23-20(26)18-9-19(29-24-18)12-4-5-12/h6,9-12,14-16H,1-5,7-8H2,(H,23,26)/t14-,15-,16?/m0/s1. The van der Waals surface area contributed by atoms with E-state index < -0.39 is 15.8 Å². The minimum absolute atomic E-state index is 0.128. The van der Waals surface area contributed by atoms with Crippen molar-refractivity contribution in [3.8, 4) is 0 Å². The van der Waals surface area contributed by atoms with E-state index in [0.717, 1.165) is 37.3 Å². The van der Waals surface area contributed by atoms with E-state index in [2.05, 4.69) is 15.5 Å². The van der Waals surface area contributed by atoms with E-state index in [4.69, 9.17) is 4.52 Å². The van der Waals surface area contributed by atoms with Crippen LogP contribution in [0.2, 0.25) is 0 Å².